The zero-order chi connectivity index (χ0) is 24.3. The molecule has 0 aromatic heterocycles. The number of aliphatic hydroxyl groups is 1. The number of alkyl carbamates (subject to hydrolysis) is 1. The number of carbonyl (C=O) groups is 4. The van der Waals surface area contributed by atoms with Gasteiger partial charge in [-0.15, -0.1) is 0 Å². The first-order valence-corrected chi connectivity index (χ1v) is 10.5. The van der Waals surface area contributed by atoms with Gasteiger partial charge in [-0.3, -0.25) is 14.4 Å². The molecule has 5 N–H and O–H groups in total. The fraction of sp³-hybridized carbons (Fsp3) is 0.545. The number of ether oxygens (including phenoxy) is 1. The van der Waals surface area contributed by atoms with Crippen LogP contribution in [0.15, 0.2) is 30.3 Å². The van der Waals surface area contributed by atoms with Gasteiger partial charge in [0, 0.05) is 7.05 Å². The molecule has 0 fully saturated rings. The highest BCUT2D eigenvalue weighted by Gasteiger charge is 2.29. The van der Waals surface area contributed by atoms with Gasteiger partial charge in [0.25, 0.3) is 5.91 Å². The van der Waals surface area contributed by atoms with Gasteiger partial charge in [0.1, 0.15) is 11.6 Å². The predicted octanol–water partition coefficient (Wildman–Crippen LogP) is 0.760. The number of carbonyl (C=O) groups excluding carboxylic acids is 4. The second-order valence-corrected chi connectivity index (χ2v) is 8.23. The molecule has 0 spiro atoms. The fourth-order valence-corrected chi connectivity index (χ4v) is 2.84. The number of aliphatic hydroxyl groups excluding tert-OH is 1. The molecule has 0 radical (unpaired) electrons. The molecule has 10 nitrogen and oxygen atoms in total. The minimum atomic E-state index is -1.58. The van der Waals surface area contributed by atoms with E-state index in [1.54, 1.807) is 51.1 Å². The van der Waals surface area contributed by atoms with Crippen molar-refractivity contribution < 1.29 is 29.0 Å². The molecule has 178 valence electrons. The zero-order valence-electron chi connectivity index (χ0n) is 19.2. The summed E-state index contributed by atoms with van der Waals surface area (Å²) in [6.07, 6.45) is -1.42. The van der Waals surface area contributed by atoms with Crippen LogP contribution in [0.4, 0.5) is 4.79 Å². The molecular formula is C22H34N4O6. The van der Waals surface area contributed by atoms with Crippen LogP contribution in [0.2, 0.25) is 0 Å². The van der Waals surface area contributed by atoms with Crippen molar-refractivity contribution in [1.82, 2.24) is 21.3 Å². The Balaban J connectivity index is 2.69. The number of nitrogens with one attached hydrogen (secondary N) is 4. The Bertz CT molecular complexity index is 778. The van der Waals surface area contributed by atoms with Crippen molar-refractivity contribution in [1.29, 1.82) is 0 Å². The number of rotatable bonds is 10. The summed E-state index contributed by atoms with van der Waals surface area (Å²) in [7, 11) is 1.45. The largest absolute Gasteiger partial charge is 0.444 e. The maximum atomic E-state index is 12.4. The highest BCUT2D eigenvalue weighted by Crippen LogP contribution is 2.12. The number of hydrogen-bond acceptors (Lipinski definition) is 6. The molecule has 3 unspecified atom stereocenters. The Labute approximate surface area is 188 Å². The Kier molecular flexibility index (Phi) is 10.6. The average Bonchev–Trinajstić information content (AvgIpc) is 2.73. The van der Waals surface area contributed by atoms with Gasteiger partial charge >= 0.3 is 6.09 Å². The van der Waals surface area contributed by atoms with Crippen molar-refractivity contribution in [2.75, 3.05) is 13.6 Å². The standard InChI is InChI=1S/C22H34N4O6/c1-6-10-15(25-21(31)32-22(2,3)4)18(28)20(30)24-13-16(27)26-17(19(29)23-5)14-11-8-7-9-12-14/h7-9,11-12,15,17-18,28H,6,10,13H2,1-5H3,(H,23,29)(H,24,30)(H,25,31)(H,26,27). The van der Waals surface area contributed by atoms with E-state index < -0.39 is 54.1 Å². The molecule has 0 heterocycles. The third kappa shape index (κ3) is 9.34. The number of hydrogen-bond donors (Lipinski definition) is 5. The second kappa shape index (κ2) is 12.7. The maximum absolute atomic E-state index is 12.4. The third-order valence-corrected chi connectivity index (χ3v) is 4.32. The molecule has 1 rings (SSSR count). The van der Waals surface area contributed by atoms with Crippen molar-refractivity contribution in [3.8, 4) is 0 Å². The van der Waals surface area contributed by atoms with Crippen LogP contribution >= 0.6 is 0 Å². The summed E-state index contributed by atoms with van der Waals surface area (Å²) in [5, 5.41) is 20.2. The SMILES string of the molecule is CCCC(NC(=O)OC(C)(C)C)C(O)C(=O)NCC(=O)NC(C(=O)NC)c1ccccc1. The minimum absolute atomic E-state index is 0.326. The molecule has 0 saturated heterocycles. The maximum Gasteiger partial charge on any atom is 0.407 e. The molecule has 1 aromatic carbocycles. The monoisotopic (exact) mass is 450 g/mol. The molecule has 0 aliphatic rings. The Morgan fingerprint density at radius 1 is 1.03 bits per heavy atom. The van der Waals surface area contributed by atoms with Crippen LogP contribution in [0, 0.1) is 0 Å². The van der Waals surface area contributed by atoms with Gasteiger partial charge in [-0.1, -0.05) is 43.7 Å². The smallest absolute Gasteiger partial charge is 0.407 e. The van der Waals surface area contributed by atoms with Crippen LogP contribution in [0.1, 0.15) is 52.1 Å². The molecule has 4 amide bonds. The van der Waals surface area contributed by atoms with Gasteiger partial charge in [-0.05, 0) is 32.8 Å². The Morgan fingerprint density at radius 3 is 2.19 bits per heavy atom. The summed E-state index contributed by atoms with van der Waals surface area (Å²) < 4.78 is 5.17. The number of benzene rings is 1. The van der Waals surface area contributed by atoms with E-state index in [0.29, 0.717) is 18.4 Å². The van der Waals surface area contributed by atoms with Gasteiger partial charge in [0.05, 0.1) is 12.6 Å². The first-order chi connectivity index (χ1) is 15.0. The van der Waals surface area contributed by atoms with Gasteiger partial charge in [-0.2, -0.15) is 0 Å². The van der Waals surface area contributed by atoms with E-state index in [2.05, 4.69) is 21.3 Å². The van der Waals surface area contributed by atoms with Gasteiger partial charge in [0.15, 0.2) is 6.10 Å². The van der Waals surface area contributed by atoms with Crippen molar-refractivity contribution in [2.24, 2.45) is 0 Å². The molecule has 0 bridgehead atoms. The normalized spacial score (nSPS) is 13.8. The van der Waals surface area contributed by atoms with E-state index in [0.717, 1.165) is 0 Å². The van der Waals surface area contributed by atoms with E-state index in [1.807, 2.05) is 6.92 Å². The van der Waals surface area contributed by atoms with Gasteiger partial charge in [0.2, 0.25) is 11.8 Å². The highest BCUT2D eigenvalue weighted by atomic mass is 16.6. The van der Waals surface area contributed by atoms with E-state index in [-0.39, 0.29) is 0 Å². The van der Waals surface area contributed by atoms with E-state index in [1.165, 1.54) is 7.05 Å². The molecule has 0 aliphatic carbocycles. The van der Waals surface area contributed by atoms with E-state index in [4.69, 9.17) is 4.74 Å². The van der Waals surface area contributed by atoms with Crippen LogP contribution in [0.25, 0.3) is 0 Å². The van der Waals surface area contributed by atoms with Crippen LogP contribution < -0.4 is 21.3 Å². The van der Waals surface area contributed by atoms with Crippen LogP contribution in [0.3, 0.4) is 0 Å². The number of amides is 4. The molecule has 1 aromatic rings. The summed E-state index contributed by atoms with van der Waals surface area (Å²) in [6, 6.07) is 6.83. The second-order valence-electron chi connectivity index (χ2n) is 8.23. The lowest BCUT2D eigenvalue weighted by molar-refractivity contribution is -0.133. The number of likely N-dealkylation sites (N-methyl/N-ethyl adjacent to an activating group) is 1. The lowest BCUT2D eigenvalue weighted by atomic mass is 10.1. The zero-order valence-corrected chi connectivity index (χ0v) is 19.2. The third-order valence-electron chi connectivity index (χ3n) is 4.32. The molecule has 3 atom stereocenters. The molecule has 0 saturated carbocycles. The summed E-state index contributed by atoms with van der Waals surface area (Å²) in [5.74, 6) is -1.86. The summed E-state index contributed by atoms with van der Waals surface area (Å²) in [6.45, 7) is 6.48. The van der Waals surface area contributed by atoms with E-state index >= 15 is 0 Å². The minimum Gasteiger partial charge on any atom is -0.444 e. The lowest BCUT2D eigenvalue weighted by Crippen LogP contribution is -2.53. The topological polar surface area (TPSA) is 146 Å². The van der Waals surface area contributed by atoms with Crippen molar-refractivity contribution in [2.45, 2.75) is 64.3 Å². The molecular weight excluding hydrogens is 416 g/mol. The molecule has 32 heavy (non-hydrogen) atoms. The Hall–Kier alpha value is -3.14. The summed E-state index contributed by atoms with van der Waals surface area (Å²) >= 11 is 0. The Morgan fingerprint density at radius 2 is 1.66 bits per heavy atom. The summed E-state index contributed by atoms with van der Waals surface area (Å²) in [5.41, 5.74) is -0.150. The van der Waals surface area contributed by atoms with E-state index in [9.17, 15) is 24.3 Å². The summed E-state index contributed by atoms with van der Waals surface area (Å²) in [4.78, 5) is 48.9. The van der Waals surface area contributed by atoms with Crippen LogP contribution in [-0.2, 0) is 19.1 Å². The lowest BCUT2D eigenvalue weighted by Gasteiger charge is -2.26. The quantitative estimate of drug-likeness (QED) is 0.356. The van der Waals surface area contributed by atoms with Crippen LogP contribution in [-0.4, -0.2) is 60.3 Å². The molecule has 0 aliphatic heterocycles. The van der Waals surface area contributed by atoms with Gasteiger partial charge in [-0.25, -0.2) is 4.79 Å². The van der Waals surface area contributed by atoms with Crippen molar-refractivity contribution in [3.63, 3.8) is 0 Å². The fourth-order valence-electron chi connectivity index (χ4n) is 2.84. The van der Waals surface area contributed by atoms with Crippen LogP contribution in [0.5, 0.6) is 0 Å². The predicted molar refractivity (Wildman–Crippen MR) is 118 cm³/mol. The first-order valence-electron chi connectivity index (χ1n) is 10.5. The highest BCUT2D eigenvalue weighted by molar-refractivity contribution is 5.91. The van der Waals surface area contributed by atoms with Gasteiger partial charge < -0.3 is 31.1 Å². The molecule has 10 heteroatoms. The van der Waals surface area contributed by atoms with Crippen molar-refractivity contribution >= 4 is 23.8 Å². The first kappa shape index (κ1) is 26.9. The van der Waals surface area contributed by atoms with Crippen molar-refractivity contribution in [3.05, 3.63) is 35.9 Å². The average molecular weight is 451 g/mol.